The number of hydrogen-bond acceptors (Lipinski definition) is 5. The van der Waals surface area contributed by atoms with Gasteiger partial charge in [-0.2, -0.15) is 0 Å². The van der Waals surface area contributed by atoms with Gasteiger partial charge in [0, 0.05) is 11.8 Å². The molecule has 3 rings (SSSR count). The second-order valence-corrected chi connectivity index (χ2v) is 5.93. The van der Waals surface area contributed by atoms with Crippen molar-refractivity contribution < 1.29 is 23.1 Å². The van der Waals surface area contributed by atoms with Gasteiger partial charge in [-0.05, 0) is 55.5 Å². The van der Waals surface area contributed by atoms with Crippen LogP contribution in [0, 0.1) is 11.6 Å². The largest absolute Gasteiger partial charge is 0.462 e. The Morgan fingerprint density at radius 3 is 2.34 bits per heavy atom. The molecule has 0 fully saturated rings. The number of pyridine rings is 1. The van der Waals surface area contributed by atoms with E-state index in [4.69, 9.17) is 4.74 Å². The Balaban J connectivity index is 1.63. The number of amides is 1. The van der Waals surface area contributed by atoms with Crippen molar-refractivity contribution >= 4 is 28.9 Å². The number of ether oxygens (including phenoxy) is 1. The summed E-state index contributed by atoms with van der Waals surface area (Å²) in [5.41, 5.74) is 1.54. The molecule has 0 radical (unpaired) electrons. The van der Waals surface area contributed by atoms with Crippen LogP contribution in [0.25, 0.3) is 0 Å². The Bertz CT molecular complexity index is 1020. The molecule has 1 amide bonds. The summed E-state index contributed by atoms with van der Waals surface area (Å²) < 4.78 is 31.5. The minimum absolute atomic E-state index is 0.0899. The van der Waals surface area contributed by atoms with Gasteiger partial charge in [0.15, 0.2) is 0 Å². The molecule has 0 saturated carbocycles. The van der Waals surface area contributed by atoms with E-state index in [2.05, 4.69) is 15.6 Å². The molecule has 6 nitrogen and oxygen atoms in total. The molecule has 8 heteroatoms. The number of benzene rings is 2. The van der Waals surface area contributed by atoms with Crippen LogP contribution in [-0.2, 0) is 4.74 Å². The average molecular weight is 397 g/mol. The Kier molecular flexibility index (Phi) is 6.13. The molecule has 2 aromatic carbocycles. The number of halogens is 2. The third-order valence-corrected chi connectivity index (χ3v) is 3.86. The third-order valence-electron chi connectivity index (χ3n) is 3.86. The number of aromatic nitrogens is 1. The fraction of sp³-hybridized carbons (Fsp3) is 0.0952. The standard InChI is InChI=1S/C21H17F2N3O3/c1-2-29-21(28)13-3-6-15(7-4-13)26-20(27)19-10-8-16(12-24-19)25-18-9-5-14(22)11-17(18)23/h3-12,25H,2H2,1H3,(H,26,27). The number of anilines is 3. The van der Waals surface area contributed by atoms with Crippen molar-refractivity contribution in [3.8, 4) is 0 Å². The molecule has 3 aromatic rings. The summed E-state index contributed by atoms with van der Waals surface area (Å²) in [5, 5.41) is 5.43. The van der Waals surface area contributed by atoms with Gasteiger partial charge in [-0.25, -0.2) is 18.6 Å². The first-order chi connectivity index (χ1) is 14.0. The second-order valence-electron chi connectivity index (χ2n) is 5.93. The number of carbonyl (C=O) groups excluding carboxylic acids is 2. The summed E-state index contributed by atoms with van der Waals surface area (Å²) in [6, 6.07) is 12.4. The van der Waals surface area contributed by atoms with Crippen LogP contribution in [0.3, 0.4) is 0 Å². The highest BCUT2D eigenvalue weighted by Crippen LogP contribution is 2.20. The van der Waals surface area contributed by atoms with Crippen LogP contribution in [0.1, 0.15) is 27.8 Å². The fourth-order valence-corrected chi connectivity index (χ4v) is 2.45. The van der Waals surface area contributed by atoms with E-state index in [-0.39, 0.29) is 18.0 Å². The fourth-order valence-electron chi connectivity index (χ4n) is 2.45. The van der Waals surface area contributed by atoms with E-state index >= 15 is 0 Å². The van der Waals surface area contributed by atoms with Crippen LogP contribution in [0.15, 0.2) is 60.8 Å². The molecule has 2 N–H and O–H groups in total. The quantitative estimate of drug-likeness (QED) is 0.598. The molecule has 29 heavy (non-hydrogen) atoms. The van der Waals surface area contributed by atoms with Crippen molar-refractivity contribution in [3.05, 3.63) is 83.7 Å². The van der Waals surface area contributed by atoms with Crippen molar-refractivity contribution in [2.75, 3.05) is 17.2 Å². The van der Waals surface area contributed by atoms with E-state index in [0.29, 0.717) is 16.9 Å². The van der Waals surface area contributed by atoms with Gasteiger partial charge >= 0.3 is 5.97 Å². The molecule has 1 heterocycles. The van der Waals surface area contributed by atoms with Crippen LogP contribution in [0.4, 0.5) is 25.8 Å². The first-order valence-corrected chi connectivity index (χ1v) is 8.73. The van der Waals surface area contributed by atoms with E-state index in [9.17, 15) is 18.4 Å². The van der Waals surface area contributed by atoms with Crippen LogP contribution < -0.4 is 10.6 Å². The highest BCUT2D eigenvalue weighted by atomic mass is 19.1. The molecule has 0 unspecified atom stereocenters. The maximum atomic E-state index is 13.7. The number of hydrogen-bond donors (Lipinski definition) is 2. The number of nitrogens with zero attached hydrogens (tertiary/aromatic N) is 1. The normalized spacial score (nSPS) is 10.3. The summed E-state index contributed by atoms with van der Waals surface area (Å²) in [7, 11) is 0. The van der Waals surface area contributed by atoms with Crippen molar-refractivity contribution in [1.82, 2.24) is 4.98 Å². The van der Waals surface area contributed by atoms with Crippen molar-refractivity contribution in [2.24, 2.45) is 0 Å². The second kappa shape index (κ2) is 8.92. The summed E-state index contributed by atoms with van der Waals surface area (Å²) in [6.45, 7) is 2.00. The van der Waals surface area contributed by atoms with Gasteiger partial charge in [0.25, 0.3) is 5.91 Å². The monoisotopic (exact) mass is 397 g/mol. The SMILES string of the molecule is CCOC(=O)c1ccc(NC(=O)c2ccc(Nc3ccc(F)cc3F)cn2)cc1. The van der Waals surface area contributed by atoms with E-state index in [1.54, 1.807) is 37.3 Å². The predicted molar refractivity (Wildman–Crippen MR) is 104 cm³/mol. The lowest BCUT2D eigenvalue weighted by molar-refractivity contribution is 0.0526. The minimum Gasteiger partial charge on any atom is -0.462 e. The highest BCUT2D eigenvalue weighted by molar-refractivity contribution is 6.03. The van der Waals surface area contributed by atoms with Gasteiger partial charge in [-0.15, -0.1) is 0 Å². The van der Waals surface area contributed by atoms with Gasteiger partial charge in [0.2, 0.25) is 0 Å². The number of nitrogens with one attached hydrogen (secondary N) is 2. The lowest BCUT2D eigenvalue weighted by Crippen LogP contribution is -2.14. The van der Waals surface area contributed by atoms with Gasteiger partial charge in [-0.1, -0.05) is 0 Å². The van der Waals surface area contributed by atoms with Crippen LogP contribution in [0.5, 0.6) is 0 Å². The zero-order valence-electron chi connectivity index (χ0n) is 15.4. The minimum atomic E-state index is -0.738. The van der Waals surface area contributed by atoms with Crippen molar-refractivity contribution in [3.63, 3.8) is 0 Å². The molecular formula is C21H17F2N3O3. The first kappa shape index (κ1) is 19.9. The topological polar surface area (TPSA) is 80.3 Å². The molecule has 0 aliphatic heterocycles. The Hall–Kier alpha value is -3.81. The van der Waals surface area contributed by atoms with E-state index in [1.165, 1.54) is 18.3 Å². The Morgan fingerprint density at radius 1 is 1.00 bits per heavy atom. The summed E-state index contributed by atoms with van der Waals surface area (Å²) >= 11 is 0. The lowest BCUT2D eigenvalue weighted by atomic mass is 10.2. The maximum absolute atomic E-state index is 13.7. The zero-order chi connectivity index (χ0) is 20.8. The van der Waals surface area contributed by atoms with Gasteiger partial charge in [0.1, 0.15) is 17.3 Å². The highest BCUT2D eigenvalue weighted by Gasteiger charge is 2.10. The van der Waals surface area contributed by atoms with Crippen LogP contribution >= 0.6 is 0 Å². The molecule has 148 valence electrons. The van der Waals surface area contributed by atoms with Crippen molar-refractivity contribution in [2.45, 2.75) is 6.92 Å². The lowest BCUT2D eigenvalue weighted by Gasteiger charge is -2.09. The molecule has 0 bridgehead atoms. The molecule has 0 saturated heterocycles. The number of rotatable bonds is 6. The van der Waals surface area contributed by atoms with Gasteiger partial charge in [-0.3, -0.25) is 4.79 Å². The number of carbonyl (C=O) groups is 2. The molecule has 1 aromatic heterocycles. The third kappa shape index (κ3) is 5.13. The van der Waals surface area contributed by atoms with Crippen molar-refractivity contribution in [1.29, 1.82) is 0 Å². The molecular weight excluding hydrogens is 380 g/mol. The van der Waals surface area contributed by atoms with Gasteiger partial charge in [0.05, 0.1) is 29.7 Å². The van der Waals surface area contributed by atoms with E-state index in [0.717, 1.165) is 12.1 Å². The summed E-state index contributed by atoms with van der Waals surface area (Å²) in [6.07, 6.45) is 1.36. The molecule has 0 aliphatic rings. The smallest absolute Gasteiger partial charge is 0.338 e. The van der Waals surface area contributed by atoms with E-state index in [1.807, 2.05) is 0 Å². The predicted octanol–water partition coefficient (Wildman–Crippen LogP) is 4.53. The zero-order valence-corrected chi connectivity index (χ0v) is 15.4. The Labute approximate surface area is 165 Å². The molecule has 0 aliphatic carbocycles. The number of esters is 1. The molecule has 0 atom stereocenters. The summed E-state index contributed by atoms with van der Waals surface area (Å²) in [5.74, 6) is -2.30. The molecule has 0 spiro atoms. The van der Waals surface area contributed by atoms with E-state index < -0.39 is 23.5 Å². The Morgan fingerprint density at radius 2 is 1.72 bits per heavy atom. The van der Waals surface area contributed by atoms with Crippen LogP contribution in [-0.4, -0.2) is 23.5 Å². The maximum Gasteiger partial charge on any atom is 0.338 e. The van der Waals surface area contributed by atoms with Crippen LogP contribution in [0.2, 0.25) is 0 Å². The first-order valence-electron chi connectivity index (χ1n) is 8.73. The van der Waals surface area contributed by atoms with Gasteiger partial charge < -0.3 is 15.4 Å². The average Bonchev–Trinajstić information content (AvgIpc) is 2.71. The summed E-state index contributed by atoms with van der Waals surface area (Å²) in [4.78, 5) is 28.0.